The molecule has 0 aromatic carbocycles. The summed E-state index contributed by atoms with van der Waals surface area (Å²) in [5, 5.41) is 0.750. The number of hydrogen-bond acceptors (Lipinski definition) is 4. The Bertz CT molecular complexity index is 595. The highest BCUT2D eigenvalue weighted by molar-refractivity contribution is 7.99. The number of hydrogen-bond donors (Lipinski definition) is 1. The van der Waals surface area contributed by atoms with Gasteiger partial charge < -0.3 is 10.5 Å². The van der Waals surface area contributed by atoms with E-state index in [0.29, 0.717) is 34.9 Å². The fraction of sp³-hybridized carbons (Fsp3) is 0.913. The Morgan fingerprint density at radius 2 is 1.96 bits per heavy atom. The van der Waals surface area contributed by atoms with Crippen LogP contribution in [0, 0.1) is 40.4 Å². The van der Waals surface area contributed by atoms with Crippen molar-refractivity contribution in [3.8, 4) is 0 Å². The predicted molar refractivity (Wildman–Crippen MR) is 112 cm³/mol. The molecule has 2 N–H and O–H groups in total. The Kier molecular flexibility index (Phi) is 5.52. The number of nitrogens with two attached hydrogens (primary N) is 1. The van der Waals surface area contributed by atoms with Crippen molar-refractivity contribution in [2.75, 3.05) is 12.3 Å². The minimum Gasteiger partial charge on any atom is -0.330 e. The van der Waals surface area contributed by atoms with Crippen LogP contribution in [0.25, 0.3) is 0 Å². The Morgan fingerprint density at radius 3 is 2.70 bits per heavy atom. The number of rotatable bonds is 5. The second-order valence-corrected chi connectivity index (χ2v) is 11.8. The molecule has 0 spiro atoms. The van der Waals surface area contributed by atoms with E-state index in [-0.39, 0.29) is 11.3 Å². The molecule has 152 valence electrons. The first kappa shape index (κ1) is 19.9. The van der Waals surface area contributed by atoms with E-state index in [1.165, 1.54) is 31.3 Å². The second kappa shape index (κ2) is 7.48. The molecule has 0 heterocycles. The van der Waals surface area contributed by atoms with Gasteiger partial charge in [-0.05, 0) is 92.8 Å². The summed E-state index contributed by atoms with van der Waals surface area (Å²) in [4.78, 5) is 24.8. The van der Waals surface area contributed by atoms with Gasteiger partial charge >= 0.3 is 0 Å². The van der Waals surface area contributed by atoms with Gasteiger partial charge in [0.15, 0.2) is 0 Å². The van der Waals surface area contributed by atoms with E-state index < -0.39 is 0 Å². The molecule has 0 aromatic rings. The predicted octanol–water partition coefficient (Wildman–Crippen LogP) is 4.47. The molecule has 0 saturated heterocycles. The number of ketones is 1. The fourth-order valence-corrected chi connectivity index (χ4v) is 9.00. The van der Waals surface area contributed by atoms with Crippen LogP contribution < -0.4 is 5.73 Å². The summed E-state index contributed by atoms with van der Waals surface area (Å²) < 4.78 is 0. The summed E-state index contributed by atoms with van der Waals surface area (Å²) in [7, 11) is 0. The third-order valence-electron chi connectivity index (χ3n) is 9.30. The van der Waals surface area contributed by atoms with E-state index >= 15 is 0 Å². The Balaban J connectivity index is 1.55. The van der Waals surface area contributed by atoms with Gasteiger partial charge in [-0.25, -0.2) is 0 Å². The van der Waals surface area contributed by atoms with E-state index in [4.69, 9.17) is 5.73 Å². The van der Waals surface area contributed by atoms with Crippen LogP contribution in [-0.4, -0.2) is 29.6 Å². The maximum atomic E-state index is 12.6. The van der Waals surface area contributed by atoms with Gasteiger partial charge in [0.05, 0.1) is 0 Å². The molecule has 4 fully saturated rings. The monoisotopic (exact) mass is 391 g/mol. The Morgan fingerprint density at radius 1 is 1.15 bits per heavy atom. The third kappa shape index (κ3) is 3.13. The van der Waals surface area contributed by atoms with Crippen molar-refractivity contribution >= 4 is 23.8 Å². The van der Waals surface area contributed by atoms with Crippen LogP contribution in [0.4, 0.5) is 0 Å². The topological polar surface area (TPSA) is 60.2 Å². The summed E-state index contributed by atoms with van der Waals surface area (Å²) in [5.74, 6) is 4.06. The van der Waals surface area contributed by atoms with Crippen molar-refractivity contribution in [2.45, 2.75) is 76.9 Å². The van der Waals surface area contributed by atoms with E-state index in [1.807, 2.05) is 0 Å². The number of carbonyl (C=O) groups excluding carboxylic acids is 2. The van der Waals surface area contributed by atoms with Gasteiger partial charge in [-0.2, -0.15) is 11.8 Å². The number of fused-ring (bicyclic) bond motifs is 5. The molecule has 4 saturated carbocycles. The van der Waals surface area contributed by atoms with Crippen LogP contribution >= 0.6 is 11.8 Å². The molecule has 8 atom stereocenters. The number of Topliss-reactive ketones (excluding diaryl/α,β-unsaturated/α-hetero) is 1. The molecule has 0 radical (unpaired) electrons. The molecule has 3 nitrogen and oxygen atoms in total. The zero-order valence-electron chi connectivity index (χ0n) is 17.1. The number of carbonyl (C=O) groups is 2. The standard InChI is InChI=1S/C23H37NO2S/c1-22-8-6-17(27-11-3-10-24)13-16(22)12-15(14-25)21-18-4-5-20(26)23(18,2)9-7-19(21)22/h14-19,21H,3-13,24H2,1-2H3/t15?,16?,17-,18+,19+,21+,22+,23+/m1/s1. The van der Waals surface area contributed by atoms with Gasteiger partial charge in [-0.3, -0.25) is 4.79 Å². The smallest absolute Gasteiger partial charge is 0.139 e. The average Bonchev–Trinajstić information content (AvgIpc) is 2.96. The highest BCUT2D eigenvalue weighted by atomic mass is 32.2. The largest absolute Gasteiger partial charge is 0.330 e. The zero-order valence-corrected chi connectivity index (χ0v) is 17.9. The lowest BCUT2D eigenvalue weighted by molar-refractivity contribution is -0.152. The Hall–Kier alpha value is -0.350. The molecular weight excluding hydrogens is 354 g/mol. The molecule has 0 bridgehead atoms. The van der Waals surface area contributed by atoms with Crippen LogP contribution in [0.2, 0.25) is 0 Å². The maximum Gasteiger partial charge on any atom is 0.139 e. The fourth-order valence-electron chi connectivity index (χ4n) is 7.68. The normalized spacial score (nSPS) is 49.2. The lowest BCUT2D eigenvalue weighted by Gasteiger charge is -2.61. The zero-order chi connectivity index (χ0) is 19.2. The molecule has 4 heteroatoms. The average molecular weight is 392 g/mol. The van der Waals surface area contributed by atoms with Crippen molar-refractivity contribution < 1.29 is 9.59 Å². The van der Waals surface area contributed by atoms with Crippen molar-refractivity contribution in [1.29, 1.82) is 0 Å². The Labute approximate surface area is 169 Å². The minimum absolute atomic E-state index is 0.138. The van der Waals surface area contributed by atoms with Gasteiger partial charge in [0, 0.05) is 23.0 Å². The maximum absolute atomic E-state index is 12.6. The van der Waals surface area contributed by atoms with Gasteiger partial charge in [-0.1, -0.05) is 13.8 Å². The molecule has 4 rings (SSSR count). The van der Waals surface area contributed by atoms with Crippen molar-refractivity contribution in [1.82, 2.24) is 0 Å². The van der Waals surface area contributed by atoms with Crippen molar-refractivity contribution in [3.05, 3.63) is 0 Å². The van der Waals surface area contributed by atoms with Gasteiger partial charge in [0.1, 0.15) is 12.1 Å². The first-order chi connectivity index (χ1) is 12.9. The van der Waals surface area contributed by atoms with Crippen molar-refractivity contribution in [2.24, 2.45) is 46.2 Å². The van der Waals surface area contributed by atoms with Crippen molar-refractivity contribution in [3.63, 3.8) is 0 Å². The van der Waals surface area contributed by atoms with Crippen LogP contribution in [0.5, 0.6) is 0 Å². The lowest BCUT2D eigenvalue weighted by atomic mass is 9.43. The lowest BCUT2D eigenvalue weighted by Crippen LogP contribution is -2.57. The highest BCUT2D eigenvalue weighted by Gasteiger charge is 2.62. The molecular formula is C23H37NO2S. The quantitative estimate of drug-likeness (QED) is 0.555. The summed E-state index contributed by atoms with van der Waals surface area (Å²) in [5.41, 5.74) is 5.91. The molecule has 0 amide bonds. The molecule has 0 aliphatic heterocycles. The summed E-state index contributed by atoms with van der Waals surface area (Å²) in [6, 6.07) is 0. The van der Waals surface area contributed by atoms with Crippen LogP contribution in [0.15, 0.2) is 0 Å². The number of thioether (sulfide) groups is 1. The van der Waals surface area contributed by atoms with Crippen LogP contribution in [0.1, 0.15) is 71.6 Å². The van der Waals surface area contributed by atoms with E-state index in [1.54, 1.807) is 0 Å². The molecule has 0 aromatic heterocycles. The summed E-state index contributed by atoms with van der Waals surface area (Å²) >= 11 is 2.12. The molecule has 27 heavy (non-hydrogen) atoms. The minimum atomic E-state index is -0.138. The molecule has 2 unspecified atom stereocenters. The van der Waals surface area contributed by atoms with E-state index in [9.17, 15) is 9.59 Å². The first-order valence-corrected chi connectivity index (χ1v) is 12.3. The van der Waals surface area contributed by atoms with Gasteiger partial charge in [0.25, 0.3) is 0 Å². The van der Waals surface area contributed by atoms with Crippen LogP contribution in [0.3, 0.4) is 0 Å². The van der Waals surface area contributed by atoms with E-state index in [0.717, 1.165) is 50.3 Å². The second-order valence-electron chi connectivity index (χ2n) is 10.4. The molecule has 4 aliphatic rings. The van der Waals surface area contributed by atoms with Gasteiger partial charge in [0.2, 0.25) is 0 Å². The van der Waals surface area contributed by atoms with Crippen LogP contribution in [-0.2, 0) is 9.59 Å². The molecule has 4 aliphatic carbocycles. The summed E-state index contributed by atoms with van der Waals surface area (Å²) in [6.07, 6.45) is 11.3. The third-order valence-corrected chi connectivity index (χ3v) is 10.7. The van der Waals surface area contributed by atoms with Gasteiger partial charge in [-0.15, -0.1) is 0 Å². The SMILES string of the molecule is C[C@]12CC[C@@H](SCCCN)CC1CC(C=O)[C@@H]1[C@@H]2CC[C@]2(C)C(=O)CC[C@@H]12. The first-order valence-electron chi connectivity index (χ1n) is 11.2. The summed E-state index contributed by atoms with van der Waals surface area (Å²) in [6.45, 7) is 5.54. The number of aldehydes is 1. The highest BCUT2D eigenvalue weighted by Crippen LogP contribution is 2.67. The van der Waals surface area contributed by atoms with E-state index in [2.05, 4.69) is 25.6 Å².